The SMILES string of the molecule is NCc1cccc(C(O)c2cccc(Br)c2)c1. The summed E-state index contributed by atoms with van der Waals surface area (Å²) in [7, 11) is 0. The first-order valence-corrected chi connectivity index (χ1v) is 6.22. The average Bonchev–Trinajstić information content (AvgIpc) is 2.38. The Labute approximate surface area is 109 Å². The Morgan fingerprint density at radius 2 is 1.71 bits per heavy atom. The van der Waals surface area contributed by atoms with Crippen LogP contribution in [0, 0.1) is 0 Å². The number of hydrogen-bond acceptors (Lipinski definition) is 2. The summed E-state index contributed by atoms with van der Waals surface area (Å²) >= 11 is 3.40. The van der Waals surface area contributed by atoms with E-state index < -0.39 is 6.10 Å². The predicted molar refractivity (Wildman–Crippen MR) is 72.5 cm³/mol. The third kappa shape index (κ3) is 2.94. The van der Waals surface area contributed by atoms with Gasteiger partial charge in [0.25, 0.3) is 0 Å². The summed E-state index contributed by atoms with van der Waals surface area (Å²) in [5.41, 5.74) is 8.35. The lowest BCUT2D eigenvalue weighted by Crippen LogP contribution is -2.02. The largest absolute Gasteiger partial charge is 0.384 e. The van der Waals surface area contributed by atoms with Crippen LogP contribution in [0.4, 0.5) is 0 Å². The predicted octanol–water partition coefficient (Wildman–Crippen LogP) is 2.99. The van der Waals surface area contributed by atoms with Crippen molar-refractivity contribution in [3.8, 4) is 0 Å². The number of halogens is 1. The number of hydrogen-bond donors (Lipinski definition) is 2. The highest BCUT2D eigenvalue weighted by Crippen LogP contribution is 2.24. The lowest BCUT2D eigenvalue weighted by molar-refractivity contribution is 0.220. The van der Waals surface area contributed by atoms with Gasteiger partial charge in [0.05, 0.1) is 0 Å². The maximum atomic E-state index is 10.3. The smallest absolute Gasteiger partial charge is 0.104 e. The molecule has 2 rings (SSSR count). The Morgan fingerprint density at radius 3 is 2.35 bits per heavy atom. The normalized spacial score (nSPS) is 12.4. The highest BCUT2D eigenvalue weighted by molar-refractivity contribution is 9.10. The van der Waals surface area contributed by atoms with Crippen LogP contribution in [0.25, 0.3) is 0 Å². The summed E-state index contributed by atoms with van der Waals surface area (Å²) in [6.45, 7) is 0.485. The first-order valence-electron chi connectivity index (χ1n) is 5.43. The lowest BCUT2D eigenvalue weighted by Gasteiger charge is -2.12. The molecule has 0 heterocycles. The van der Waals surface area contributed by atoms with E-state index in [9.17, 15) is 5.11 Å². The number of aliphatic hydroxyl groups excluding tert-OH is 1. The Kier molecular flexibility index (Phi) is 3.94. The van der Waals surface area contributed by atoms with Gasteiger partial charge < -0.3 is 10.8 Å². The van der Waals surface area contributed by atoms with Crippen molar-refractivity contribution in [2.45, 2.75) is 12.6 Å². The molecule has 0 aromatic heterocycles. The van der Waals surface area contributed by atoms with Gasteiger partial charge in [0.2, 0.25) is 0 Å². The van der Waals surface area contributed by atoms with Crippen molar-refractivity contribution in [3.63, 3.8) is 0 Å². The molecule has 0 saturated carbocycles. The van der Waals surface area contributed by atoms with Crippen molar-refractivity contribution in [2.24, 2.45) is 5.73 Å². The zero-order valence-corrected chi connectivity index (χ0v) is 10.9. The molecule has 3 heteroatoms. The molecule has 3 N–H and O–H groups in total. The molecular formula is C14H14BrNO. The van der Waals surface area contributed by atoms with Gasteiger partial charge in [-0.2, -0.15) is 0 Å². The molecule has 0 aliphatic carbocycles. The van der Waals surface area contributed by atoms with Gasteiger partial charge in [0.1, 0.15) is 6.10 Å². The zero-order valence-electron chi connectivity index (χ0n) is 9.31. The van der Waals surface area contributed by atoms with E-state index in [0.29, 0.717) is 6.54 Å². The summed E-state index contributed by atoms with van der Waals surface area (Å²) < 4.78 is 0.962. The second-order valence-electron chi connectivity index (χ2n) is 3.91. The van der Waals surface area contributed by atoms with Crippen molar-refractivity contribution >= 4 is 15.9 Å². The molecule has 1 unspecified atom stereocenters. The summed E-state index contributed by atoms with van der Waals surface area (Å²) in [5.74, 6) is 0. The summed E-state index contributed by atoms with van der Waals surface area (Å²) in [4.78, 5) is 0. The van der Waals surface area contributed by atoms with Crippen molar-refractivity contribution in [2.75, 3.05) is 0 Å². The summed E-state index contributed by atoms with van der Waals surface area (Å²) in [6, 6.07) is 15.4. The molecule has 0 aliphatic rings. The van der Waals surface area contributed by atoms with Gasteiger partial charge in [0, 0.05) is 11.0 Å². The Morgan fingerprint density at radius 1 is 1.06 bits per heavy atom. The van der Waals surface area contributed by atoms with Crippen LogP contribution in [0.2, 0.25) is 0 Å². The van der Waals surface area contributed by atoms with E-state index >= 15 is 0 Å². The number of rotatable bonds is 3. The molecule has 88 valence electrons. The first kappa shape index (κ1) is 12.3. The molecule has 0 bridgehead atoms. The second kappa shape index (κ2) is 5.45. The Bertz CT molecular complexity index is 513. The molecular weight excluding hydrogens is 278 g/mol. The van der Waals surface area contributed by atoms with Gasteiger partial charge in [-0.15, -0.1) is 0 Å². The van der Waals surface area contributed by atoms with E-state index in [2.05, 4.69) is 15.9 Å². The standard InChI is InChI=1S/C14H14BrNO/c15-13-6-2-5-12(8-13)14(17)11-4-1-3-10(7-11)9-16/h1-8,14,17H,9,16H2. The highest BCUT2D eigenvalue weighted by Gasteiger charge is 2.10. The minimum atomic E-state index is -0.612. The van der Waals surface area contributed by atoms with E-state index in [4.69, 9.17) is 5.73 Å². The van der Waals surface area contributed by atoms with E-state index in [1.807, 2.05) is 48.5 Å². The molecule has 17 heavy (non-hydrogen) atoms. The van der Waals surface area contributed by atoms with Crippen LogP contribution in [0.3, 0.4) is 0 Å². The van der Waals surface area contributed by atoms with Gasteiger partial charge in [-0.3, -0.25) is 0 Å². The maximum Gasteiger partial charge on any atom is 0.104 e. The average molecular weight is 292 g/mol. The lowest BCUT2D eigenvalue weighted by atomic mass is 10.00. The number of nitrogens with two attached hydrogens (primary N) is 1. The molecule has 1 atom stereocenters. The van der Waals surface area contributed by atoms with Crippen LogP contribution in [0.5, 0.6) is 0 Å². The number of benzene rings is 2. The molecule has 0 aliphatic heterocycles. The van der Waals surface area contributed by atoms with Gasteiger partial charge >= 0.3 is 0 Å². The summed E-state index contributed by atoms with van der Waals surface area (Å²) in [5, 5.41) is 10.3. The topological polar surface area (TPSA) is 46.2 Å². The monoisotopic (exact) mass is 291 g/mol. The summed E-state index contributed by atoms with van der Waals surface area (Å²) in [6.07, 6.45) is -0.612. The van der Waals surface area contributed by atoms with Crippen molar-refractivity contribution in [1.29, 1.82) is 0 Å². The molecule has 2 nitrogen and oxygen atoms in total. The van der Waals surface area contributed by atoms with Crippen molar-refractivity contribution < 1.29 is 5.11 Å². The Balaban J connectivity index is 2.33. The van der Waals surface area contributed by atoms with Gasteiger partial charge in [-0.25, -0.2) is 0 Å². The van der Waals surface area contributed by atoms with E-state index in [1.165, 1.54) is 0 Å². The zero-order chi connectivity index (χ0) is 12.3. The van der Waals surface area contributed by atoms with Crippen LogP contribution in [0.15, 0.2) is 53.0 Å². The molecule has 0 spiro atoms. The van der Waals surface area contributed by atoms with Crippen LogP contribution in [0.1, 0.15) is 22.8 Å². The number of aliphatic hydroxyl groups is 1. The Hall–Kier alpha value is -1.16. The molecule has 2 aromatic carbocycles. The third-order valence-corrected chi connectivity index (χ3v) is 3.16. The van der Waals surface area contributed by atoms with E-state index in [-0.39, 0.29) is 0 Å². The van der Waals surface area contributed by atoms with Crippen molar-refractivity contribution in [3.05, 3.63) is 69.7 Å². The highest BCUT2D eigenvalue weighted by atomic mass is 79.9. The van der Waals surface area contributed by atoms with Crippen molar-refractivity contribution in [1.82, 2.24) is 0 Å². The van der Waals surface area contributed by atoms with Crippen LogP contribution >= 0.6 is 15.9 Å². The van der Waals surface area contributed by atoms with Crippen LogP contribution in [-0.2, 0) is 6.54 Å². The molecule has 0 fully saturated rings. The fourth-order valence-corrected chi connectivity index (χ4v) is 2.18. The van der Waals surface area contributed by atoms with Gasteiger partial charge in [-0.1, -0.05) is 52.3 Å². The molecule has 0 radical (unpaired) electrons. The minimum absolute atomic E-state index is 0.485. The molecule has 0 amide bonds. The maximum absolute atomic E-state index is 10.3. The van der Waals surface area contributed by atoms with Crippen LogP contribution in [-0.4, -0.2) is 5.11 Å². The van der Waals surface area contributed by atoms with Crippen LogP contribution < -0.4 is 5.73 Å². The fourth-order valence-electron chi connectivity index (χ4n) is 1.76. The van der Waals surface area contributed by atoms with Gasteiger partial charge in [0.15, 0.2) is 0 Å². The van der Waals surface area contributed by atoms with E-state index in [0.717, 1.165) is 21.2 Å². The first-order chi connectivity index (χ1) is 8.20. The minimum Gasteiger partial charge on any atom is -0.384 e. The molecule has 0 saturated heterocycles. The third-order valence-electron chi connectivity index (χ3n) is 2.67. The van der Waals surface area contributed by atoms with E-state index in [1.54, 1.807) is 0 Å². The van der Waals surface area contributed by atoms with Gasteiger partial charge in [-0.05, 0) is 28.8 Å². The quantitative estimate of drug-likeness (QED) is 0.913. The molecule has 2 aromatic rings. The fraction of sp³-hybridized carbons (Fsp3) is 0.143. The second-order valence-corrected chi connectivity index (χ2v) is 4.82.